The number of carboxylic acids is 1. The Morgan fingerprint density at radius 3 is 2.63 bits per heavy atom. The summed E-state index contributed by atoms with van der Waals surface area (Å²) < 4.78 is 13.0. The fourth-order valence-electron chi connectivity index (χ4n) is 1.74. The highest BCUT2D eigenvalue weighted by atomic mass is 19.1. The fraction of sp³-hybridized carbons (Fsp3) is 0.429. The van der Waals surface area contributed by atoms with E-state index in [-0.39, 0.29) is 12.3 Å². The van der Waals surface area contributed by atoms with Gasteiger partial charge in [0.2, 0.25) is 5.91 Å². The normalized spacial score (nSPS) is 13.6. The molecule has 19 heavy (non-hydrogen) atoms. The van der Waals surface area contributed by atoms with Gasteiger partial charge in [0.25, 0.3) is 0 Å². The number of carboxylic acid groups (broad SMARTS) is 1. The highest BCUT2D eigenvalue weighted by Crippen LogP contribution is 2.09. The van der Waals surface area contributed by atoms with Gasteiger partial charge in [0.05, 0.1) is 6.42 Å². The van der Waals surface area contributed by atoms with Gasteiger partial charge >= 0.3 is 5.97 Å². The third-order valence-electron chi connectivity index (χ3n) is 3.05. The Balaban J connectivity index is 2.65. The maximum Gasteiger partial charge on any atom is 0.326 e. The molecule has 0 heterocycles. The van der Waals surface area contributed by atoms with E-state index in [0.717, 1.165) is 0 Å². The molecule has 1 aromatic rings. The molecule has 0 bridgehead atoms. The molecule has 0 radical (unpaired) electrons. The number of amides is 1. The molecular formula is C14H18FNO3. The summed E-state index contributed by atoms with van der Waals surface area (Å²) >= 11 is 0. The van der Waals surface area contributed by atoms with Crippen LogP contribution in [-0.4, -0.2) is 23.0 Å². The highest BCUT2D eigenvalue weighted by Gasteiger charge is 2.25. The Morgan fingerprint density at radius 1 is 1.42 bits per heavy atom. The van der Waals surface area contributed by atoms with Crippen LogP contribution in [0.3, 0.4) is 0 Å². The summed E-state index contributed by atoms with van der Waals surface area (Å²) in [6, 6.07) is 4.79. The molecular weight excluding hydrogens is 249 g/mol. The van der Waals surface area contributed by atoms with E-state index >= 15 is 0 Å². The van der Waals surface area contributed by atoms with Gasteiger partial charge < -0.3 is 10.4 Å². The van der Waals surface area contributed by atoms with Gasteiger partial charge in [-0.2, -0.15) is 0 Å². The first-order valence-corrected chi connectivity index (χ1v) is 6.20. The predicted octanol–water partition coefficient (Wildman–Crippen LogP) is 1.98. The van der Waals surface area contributed by atoms with Crippen molar-refractivity contribution in [1.29, 1.82) is 0 Å². The molecule has 1 amide bonds. The molecule has 0 saturated carbocycles. The van der Waals surface area contributed by atoms with Gasteiger partial charge in [0.15, 0.2) is 0 Å². The third kappa shape index (κ3) is 4.69. The van der Waals surface area contributed by atoms with Gasteiger partial charge in [-0.25, -0.2) is 9.18 Å². The molecule has 5 heteroatoms. The van der Waals surface area contributed by atoms with E-state index in [4.69, 9.17) is 5.11 Å². The van der Waals surface area contributed by atoms with Crippen LogP contribution in [0.5, 0.6) is 0 Å². The van der Waals surface area contributed by atoms with Crippen molar-refractivity contribution in [2.24, 2.45) is 5.92 Å². The van der Waals surface area contributed by atoms with E-state index < -0.39 is 23.7 Å². The van der Waals surface area contributed by atoms with Crippen LogP contribution in [-0.2, 0) is 16.0 Å². The Morgan fingerprint density at radius 2 is 2.11 bits per heavy atom. The Hall–Kier alpha value is -1.91. The Labute approximate surface area is 111 Å². The van der Waals surface area contributed by atoms with Gasteiger partial charge in [0, 0.05) is 0 Å². The third-order valence-corrected chi connectivity index (χ3v) is 3.05. The number of carbonyl (C=O) groups is 2. The van der Waals surface area contributed by atoms with E-state index in [9.17, 15) is 14.0 Å². The highest BCUT2D eigenvalue weighted by molar-refractivity contribution is 5.85. The van der Waals surface area contributed by atoms with Crippen molar-refractivity contribution in [3.8, 4) is 0 Å². The first kappa shape index (κ1) is 15.1. The van der Waals surface area contributed by atoms with Crippen molar-refractivity contribution in [3.05, 3.63) is 35.6 Å². The summed E-state index contributed by atoms with van der Waals surface area (Å²) in [7, 11) is 0. The maximum absolute atomic E-state index is 13.0. The van der Waals surface area contributed by atoms with Crippen molar-refractivity contribution < 1.29 is 19.1 Å². The van der Waals surface area contributed by atoms with Gasteiger partial charge in [0.1, 0.15) is 11.9 Å². The van der Waals surface area contributed by atoms with E-state index in [0.29, 0.717) is 12.0 Å². The van der Waals surface area contributed by atoms with Gasteiger partial charge in [-0.1, -0.05) is 32.4 Å². The second-order valence-electron chi connectivity index (χ2n) is 4.58. The average molecular weight is 267 g/mol. The molecule has 0 aliphatic carbocycles. The monoisotopic (exact) mass is 267 g/mol. The minimum atomic E-state index is -1.05. The van der Waals surface area contributed by atoms with Crippen LogP contribution >= 0.6 is 0 Å². The zero-order chi connectivity index (χ0) is 14.4. The summed E-state index contributed by atoms with van der Waals surface area (Å²) in [6.07, 6.45) is 0.620. The fourth-order valence-corrected chi connectivity index (χ4v) is 1.74. The molecule has 2 atom stereocenters. The molecule has 0 aliphatic heterocycles. The van der Waals surface area contributed by atoms with Crippen molar-refractivity contribution in [2.75, 3.05) is 0 Å². The molecule has 0 spiro atoms. The number of rotatable bonds is 6. The summed E-state index contributed by atoms with van der Waals surface area (Å²) in [5.41, 5.74) is 0.519. The minimum Gasteiger partial charge on any atom is -0.480 e. The lowest BCUT2D eigenvalue weighted by Gasteiger charge is -2.20. The SMILES string of the molecule is CCC(C)[C@H](NC(=O)Cc1cccc(F)c1)C(=O)O. The van der Waals surface area contributed by atoms with Crippen LogP contribution in [0.15, 0.2) is 24.3 Å². The number of carbonyl (C=O) groups excluding carboxylic acids is 1. The summed E-state index contributed by atoms with van der Waals surface area (Å²) in [5, 5.41) is 11.5. The number of hydrogen-bond acceptors (Lipinski definition) is 2. The zero-order valence-corrected chi connectivity index (χ0v) is 11.0. The molecule has 4 nitrogen and oxygen atoms in total. The van der Waals surface area contributed by atoms with E-state index in [1.54, 1.807) is 13.0 Å². The van der Waals surface area contributed by atoms with E-state index in [1.807, 2.05) is 6.92 Å². The van der Waals surface area contributed by atoms with Crippen molar-refractivity contribution in [3.63, 3.8) is 0 Å². The van der Waals surface area contributed by atoms with Crippen molar-refractivity contribution in [1.82, 2.24) is 5.32 Å². The molecule has 0 aliphatic rings. The van der Waals surface area contributed by atoms with Crippen LogP contribution in [0.1, 0.15) is 25.8 Å². The average Bonchev–Trinajstić information content (AvgIpc) is 2.34. The maximum atomic E-state index is 13.0. The molecule has 0 aromatic heterocycles. The molecule has 0 saturated heterocycles. The molecule has 1 aromatic carbocycles. The van der Waals surface area contributed by atoms with Crippen LogP contribution in [0.2, 0.25) is 0 Å². The lowest BCUT2D eigenvalue weighted by atomic mass is 9.99. The minimum absolute atomic E-state index is 0.0298. The number of hydrogen-bond donors (Lipinski definition) is 2. The topological polar surface area (TPSA) is 66.4 Å². The standard InChI is InChI=1S/C14H18FNO3/c1-3-9(2)13(14(18)19)16-12(17)8-10-5-4-6-11(15)7-10/h4-7,9,13H,3,8H2,1-2H3,(H,16,17)(H,18,19)/t9?,13-/m0/s1. The quantitative estimate of drug-likeness (QED) is 0.828. The van der Waals surface area contributed by atoms with Crippen molar-refractivity contribution in [2.45, 2.75) is 32.7 Å². The van der Waals surface area contributed by atoms with Crippen LogP contribution < -0.4 is 5.32 Å². The van der Waals surface area contributed by atoms with Crippen LogP contribution in [0.4, 0.5) is 4.39 Å². The first-order chi connectivity index (χ1) is 8.93. The number of benzene rings is 1. The molecule has 1 unspecified atom stereocenters. The Kier molecular flexibility index (Phi) is 5.48. The van der Waals surface area contributed by atoms with Gasteiger partial charge in [-0.3, -0.25) is 4.79 Å². The Bertz CT molecular complexity index is 462. The lowest BCUT2D eigenvalue weighted by molar-refractivity contribution is -0.143. The number of halogens is 1. The predicted molar refractivity (Wildman–Crippen MR) is 69.1 cm³/mol. The van der Waals surface area contributed by atoms with Gasteiger partial charge in [-0.05, 0) is 23.6 Å². The van der Waals surface area contributed by atoms with E-state index in [1.165, 1.54) is 18.2 Å². The number of aliphatic carboxylic acids is 1. The van der Waals surface area contributed by atoms with E-state index in [2.05, 4.69) is 5.32 Å². The zero-order valence-electron chi connectivity index (χ0n) is 11.0. The van der Waals surface area contributed by atoms with Crippen LogP contribution in [0, 0.1) is 11.7 Å². The second-order valence-corrected chi connectivity index (χ2v) is 4.58. The smallest absolute Gasteiger partial charge is 0.326 e. The second kappa shape index (κ2) is 6.87. The molecule has 104 valence electrons. The van der Waals surface area contributed by atoms with Crippen LogP contribution in [0.25, 0.3) is 0 Å². The molecule has 1 rings (SSSR count). The van der Waals surface area contributed by atoms with Crippen molar-refractivity contribution >= 4 is 11.9 Å². The molecule has 2 N–H and O–H groups in total. The van der Waals surface area contributed by atoms with Gasteiger partial charge in [-0.15, -0.1) is 0 Å². The lowest BCUT2D eigenvalue weighted by Crippen LogP contribution is -2.45. The molecule has 0 fully saturated rings. The first-order valence-electron chi connectivity index (χ1n) is 6.20. The largest absolute Gasteiger partial charge is 0.480 e. The summed E-state index contributed by atoms with van der Waals surface area (Å²) in [5.74, 6) is -2.05. The summed E-state index contributed by atoms with van der Waals surface area (Å²) in [6.45, 7) is 3.63. The summed E-state index contributed by atoms with van der Waals surface area (Å²) in [4.78, 5) is 22.8. The number of nitrogens with one attached hydrogen (secondary N) is 1.